The fraction of sp³-hybridized carbons (Fsp3) is 0.273. The standard InChI is InChI=1S/C22H23NO5/c1-13-9-19-16(12-27-20(19)10-14(13)2)11-21(24)28-15(3)22(25)23-17-5-7-18(26-4)8-6-17/h5-10,12,15H,11H2,1-4H3,(H,23,25)/t15-/m1/s1. The first-order valence-electron chi connectivity index (χ1n) is 8.99. The van der Waals surface area contributed by atoms with Crippen LogP contribution >= 0.6 is 0 Å². The van der Waals surface area contributed by atoms with Gasteiger partial charge in [-0.25, -0.2) is 0 Å². The normalized spacial score (nSPS) is 11.9. The highest BCUT2D eigenvalue weighted by Crippen LogP contribution is 2.25. The third-order valence-electron chi connectivity index (χ3n) is 4.64. The van der Waals surface area contributed by atoms with E-state index < -0.39 is 18.0 Å². The van der Waals surface area contributed by atoms with Crippen LogP contribution in [0, 0.1) is 13.8 Å². The zero-order chi connectivity index (χ0) is 20.3. The molecule has 2 aromatic carbocycles. The van der Waals surface area contributed by atoms with Crippen LogP contribution in [-0.2, 0) is 20.7 Å². The number of ether oxygens (including phenoxy) is 2. The summed E-state index contributed by atoms with van der Waals surface area (Å²) in [6, 6.07) is 10.8. The molecule has 28 heavy (non-hydrogen) atoms. The number of aryl methyl sites for hydroxylation is 2. The van der Waals surface area contributed by atoms with Crippen LogP contribution in [0.4, 0.5) is 5.69 Å². The molecule has 3 rings (SSSR count). The highest BCUT2D eigenvalue weighted by molar-refractivity contribution is 5.95. The molecule has 0 saturated heterocycles. The van der Waals surface area contributed by atoms with Gasteiger partial charge in [0.1, 0.15) is 11.3 Å². The van der Waals surface area contributed by atoms with Gasteiger partial charge in [-0.15, -0.1) is 0 Å². The maximum Gasteiger partial charge on any atom is 0.311 e. The minimum atomic E-state index is -0.920. The van der Waals surface area contributed by atoms with E-state index in [9.17, 15) is 9.59 Å². The topological polar surface area (TPSA) is 77.8 Å². The maximum atomic E-state index is 12.3. The zero-order valence-electron chi connectivity index (χ0n) is 16.4. The second-order valence-electron chi connectivity index (χ2n) is 6.72. The molecule has 0 fully saturated rings. The Morgan fingerprint density at radius 1 is 1.11 bits per heavy atom. The first kappa shape index (κ1) is 19.5. The van der Waals surface area contributed by atoms with Crippen molar-refractivity contribution in [1.29, 1.82) is 0 Å². The number of furan rings is 1. The number of rotatable bonds is 6. The largest absolute Gasteiger partial charge is 0.497 e. The SMILES string of the molecule is COc1ccc(NC(=O)[C@@H](C)OC(=O)Cc2coc3cc(C)c(C)cc23)cc1. The van der Waals surface area contributed by atoms with Crippen molar-refractivity contribution in [3.63, 3.8) is 0 Å². The number of carbonyl (C=O) groups excluding carboxylic acids is 2. The van der Waals surface area contributed by atoms with Crippen LogP contribution in [0.2, 0.25) is 0 Å². The summed E-state index contributed by atoms with van der Waals surface area (Å²) in [7, 11) is 1.57. The molecule has 1 aromatic heterocycles. The summed E-state index contributed by atoms with van der Waals surface area (Å²) in [6.45, 7) is 5.56. The van der Waals surface area contributed by atoms with Crippen molar-refractivity contribution in [2.24, 2.45) is 0 Å². The lowest BCUT2D eigenvalue weighted by atomic mass is 10.0. The van der Waals surface area contributed by atoms with Crippen molar-refractivity contribution < 1.29 is 23.5 Å². The average molecular weight is 381 g/mol. The van der Waals surface area contributed by atoms with Gasteiger partial charge in [0.15, 0.2) is 6.10 Å². The summed E-state index contributed by atoms with van der Waals surface area (Å²) < 4.78 is 15.9. The lowest BCUT2D eigenvalue weighted by Crippen LogP contribution is -2.30. The lowest BCUT2D eigenvalue weighted by Gasteiger charge is -2.13. The van der Waals surface area contributed by atoms with Gasteiger partial charge in [-0.05, 0) is 68.3 Å². The van der Waals surface area contributed by atoms with Gasteiger partial charge in [-0.3, -0.25) is 9.59 Å². The number of anilines is 1. The first-order valence-corrected chi connectivity index (χ1v) is 8.99. The van der Waals surface area contributed by atoms with E-state index >= 15 is 0 Å². The Kier molecular flexibility index (Phi) is 5.68. The molecule has 1 heterocycles. The number of amides is 1. The number of hydrogen-bond donors (Lipinski definition) is 1. The number of benzene rings is 2. The van der Waals surface area contributed by atoms with Crippen molar-refractivity contribution in [2.75, 3.05) is 12.4 Å². The van der Waals surface area contributed by atoms with Crippen molar-refractivity contribution in [3.05, 3.63) is 59.4 Å². The van der Waals surface area contributed by atoms with Gasteiger partial charge in [0.25, 0.3) is 5.91 Å². The van der Waals surface area contributed by atoms with E-state index in [1.165, 1.54) is 6.92 Å². The maximum absolute atomic E-state index is 12.3. The molecule has 0 aliphatic rings. The molecule has 0 spiro atoms. The number of carbonyl (C=O) groups is 2. The predicted octanol–water partition coefficient (Wildman–Crippen LogP) is 4.17. The Balaban J connectivity index is 1.60. The molecule has 0 aliphatic heterocycles. The average Bonchev–Trinajstić information content (AvgIpc) is 3.04. The van der Waals surface area contributed by atoms with Gasteiger partial charge in [0.05, 0.1) is 19.8 Å². The van der Waals surface area contributed by atoms with Gasteiger partial charge < -0.3 is 19.2 Å². The minimum absolute atomic E-state index is 0.0374. The van der Waals surface area contributed by atoms with E-state index in [2.05, 4.69) is 5.32 Å². The molecule has 1 amide bonds. The molecule has 1 N–H and O–H groups in total. The van der Waals surface area contributed by atoms with Gasteiger partial charge in [0, 0.05) is 16.6 Å². The van der Waals surface area contributed by atoms with Gasteiger partial charge in [-0.2, -0.15) is 0 Å². The first-order chi connectivity index (χ1) is 13.4. The number of nitrogens with one attached hydrogen (secondary N) is 1. The highest BCUT2D eigenvalue weighted by Gasteiger charge is 2.20. The summed E-state index contributed by atoms with van der Waals surface area (Å²) >= 11 is 0. The van der Waals surface area contributed by atoms with Crippen LogP contribution in [0.5, 0.6) is 5.75 Å². The van der Waals surface area contributed by atoms with E-state index in [0.717, 1.165) is 27.7 Å². The van der Waals surface area contributed by atoms with Crippen molar-refractivity contribution in [1.82, 2.24) is 0 Å². The van der Waals surface area contributed by atoms with E-state index in [4.69, 9.17) is 13.9 Å². The third-order valence-corrected chi connectivity index (χ3v) is 4.64. The molecular weight excluding hydrogens is 358 g/mol. The second-order valence-corrected chi connectivity index (χ2v) is 6.72. The van der Waals surface area contributed by atoms with Crippen LogP contribution in [0.1, 0.15) is 23.6 Å². The fourth-order valence-electron chi connectivity index (χ4n) is 2.84. The van der Waals surface area contributed by atoms with Crippen LogP contribution < -0.4 is 10.1 Å². The van der Waals surface area contributed by atoms with Crippen LogP contribution in [0.15, 0.2) is 47.1 Å². The third kappa shape index (κ3) is 4.34. The lowest BCUT2D eigenvalue weighted by molar-refractivity contribution is -0.152. The molecule has 0 aliphatic carbocycles. The van der Waals surface area contributed by atoms with Crippen molar-refractivity contribution in [2.45, 2.75) is 33.3 Å². The van der Waals surface area contributed by atoms with Crippen LogP contribution in [0.25, 0.3) is 11.0 Å². The monoisotopic (exact) mass is 381 g/mol. The Bertz CT molecular complexity index is 1000. The molecule has 6 heteroatoms. The number of esters is 1. The highest BCUT2D eigenvalue weighted by atomic mass is 16.5. The summed E-state index contributed by atoms with van der Waals surface area (Å²) in [5.41, 5.74) is 4.32. The van der Waals surface area contributed by atoms with Crippen LogP contribution in [-0.4, -0.2) is 25.1 Å². The zero-order valence-corrected chi connectivity index (χ0v) is 16.4. The number of hydrogen-bond acceptors (Lipinski definition) is 5. The summed E-state index contributed by atoms with van der Waals surface area (Å²) in [6.07, 6.45) is 0.680. The van der Waals surface area contributed by atoms with Gasteiger partial charge >= 0.3 is 5.97 Å². The Morgan fingerprint density at radius 2 is 1.79 bits per heavy atom. The molecule has 0 bridgehead atoms. The molecule has 146 valence electrons. The van der Waals surface area contributed by atoms with Crippen molar-refractivity contribution in [3.8, 4) is 5.75 Å². The molecular formula is C22H23NO5. The molecule has 1 atom stereocenters. The van der Waals surface area contributed by atoms with Crippen LogP contribution in [0.3, 0.4) is 0 Å². The summed E-state index contributed by atoms with van der Waals surface area (Å²) in [5, 5.41) is 3.59. The van der Waals surface area contributed by atoms with E-state index in [1.807, 2.05) is 26.0 Å². The molecule has 6 nitrogen and oxygen atoms in total. The Morgan fingerprint density at radius 3 is 2.46 bits per heavy atom. The molecule has 0 unspecified atom stereocenters. The smallest absolute Gasteiger partial charge is 0.311 e. The van der Waals surface area contributed by atoms with Gasteiger partial charge in [-0.1, -0.05) is 0 Å². The predicted molar refractivity (Wildman–Crippen MR) is 107 cm³/mol. The van der Waals surface area contributed by atoms with E-state index in [-0.39, 0.29) is 6.42 Å². The number of methoxy groups -OCH3 is 1. The quantitative estimate of drug-likeness (QED) is 0.649. The summed E-state index contributed by atoms with van der Waals surface area (Å²) in [4.78, 5) is 24.6. The Hall–Kier alpha value is -3.28. The Labute approximate surface area is 163 Å². The number of fused-ring (bicyclic) bond motifs is 1. The second kappa shape index (κ2) is 8.17. The minimum Gasteiger partial charge on any atom is -0.497 e. The molecule has 0 radical (unpaired) electrons. The van der Waals surface area contributed by atoms with E-state index in [1.54, 1.807) is 37.6 Å². The molecule has 3 aromatic rings. The van der Waals surface area contributed by atoms with E-state index in [0.29, 0.717) is 11.4 Å². The molecule has 0 saturated carbocycles. The fourth-order valence-corrected chi connectivity index (χ4v) is 2.84. The summed E-state index contributed by atoms with van der Waals surface area (Å²) in [5.74, 6) is -0.199. The van der Waals surface area contributed by atoms with Crippen molar-refractivity contribution >= 4 is 28.5 Å². The van der Waals surface area contributed by atoms with Gasteiger partial charge in [0.2, 0.25) is 0 Å².